The Balaban J connectivity index is 0. The highest BCUT2D eigenvalue weighted by molar-refractivity contribution is 5.75. The summed E-state index contributed by atoms with van der Waals surface area (Å²) in [5.74, 6) is -0.654. The number of rotatable bonds is 10. The summed E-state index contributed by atoms with van der Waals surface area (Å²) in [5.41, 5.74) is 0.424. The molecule has 0 aliphatic rings. The average molecular weight is 258 g/mol. The lowest BCUT2D eigenvalue weighted by molar-refractivity contribution is -0.137. The Hall–Kier alpha value is 0.00247. The SMILES string of the molecule is CCCC(CCC)(CCC)CCCC(=O)O.[AlH3]. The van der Waals surface area contributed by atoms with E-state index in [2.05, 4.69) is 20.8 Å². The molecular formula is C14H31AlO2. The van der Waals surface area contributed by atoms with Crippen LogP contribution in [0.4, 0.5) is 0 Å². The van der Waals surface area contributed by atoms with Crippen LogP contribution in [-0.2, 0) is 4.79 Å². The fraction of sp³-hybridized carbons (Fsp3) is 0.929. The van der Waals surface area contributed by atoms with Crippen molar-refractivity contribution in [2.45, 2.75) is 78.6 Å². The highest BCUT2D eigenvalue weighted by Gasteiger charge is 2.26. The average Bonchev–Trinajstić information content (AvgIpc) is 2.18. The number of hydrogen-bond donors (Lipinski definition) is 1. The monoisotopic (exact) mass is 258 g/mol. The van der Waals surface area contributed by atoms with Gasteiger partial charge in [-0.3, -0.25) is 4.79 Å². The molecule has 0 heterocycles. The highest BCUT2D eigenvalue weighted by atomic mass is 27.0. The van der Waals surface area contributed by atoms with E-state index in [1.54, 1.807) is 0 Å². The molecule has 0 aromatic heterocycles. The van der Waals surface area contributed by atoms with Crippen molar-refractivity contribution in [2.24, 2.45) is 5.41 Å². The van der Waals surface area contributed by atoms with Crippen LogP contribution in [-0.4, -0.2) is 28.4 Å². The van der Waals surface area contributed by atoms with Crippen LogP contribution in [0.2, 0.25) is 0 Å². The van der Waals surface area contributed by atoms with Gasteiger partial charge in [0.05, 0.1) is 0 Å². The largest absolute Gasteiger partial charge is 0.481 e. The number of carboxylic acids is 1. The topological polar surface area (TPSA) is 37.3 Å². The molecule has 0 atom stereocenters. The van der Waals surface area contributed by atoms with E-state index in [-0.39, 0.29) is 17.4 Å². The Morgan fingerprint density at radius 1 is 0.941 bits per heavy atom. The maximum Gasteiger partial charge on any atom is 0.303 e. The fourth-order valence-electron chi connectivity index (χ4n) is 2.96. The van der Waals surface area contributed by atoms with Crippen LogP contribution in [0.3, 0.4) is 0 Å². The Morgan fingerprint density at radius 3 is 1.65 bits per heavy atom. The first-order valence-corrected chi connectivity index (χ1v) is 6.82. The molecule has 0 fully saturated rings. The van der Waals surface area contributed by atoms with E-state index in [1.807, 2.05) is 0 Å². The van der Waals surface area contributed by atoms with Gasteiger partial charge in [-0.2, -0.15) is 0 Å². The lowest BCUT2D eigenvalue weighted by atomic mass is 9.72. The van der Waals surface area contributed by atoms with Crippen molar-refractivity contribution in [3.05, 3.63) is 0 Å². The van der Waals surface area contributed by atoms with Crippen LogP contribution in [0, 0.1) is 5.41 Å². The zero-order valence-corrected chi connectivity index (χ0v) is 11.2. The number of carboxylic acid groups (broad SMARTS) is 1. The lowest BCUT2D eigenvalue weighted by Crippen LogP contribution is -2.21. The summed E-state index contributed by atoms with van der Waals surface area (Å²) >= 11 is 0. The standard InChI is InChI=1S/C14H28O2.Al.3H/c1-4-9-14(10-5-2,11-6-3)12-7-8-13(15)16;;;;/h4-12H2,1-3H3,(H,15,16);;;;. The fourth-order valence-corrected chi connectivity index (χ4v) is 2.96. The van der Waals surface area contributed by atoms with Crippen LogP contribution in [0.25, 0.3) is 0 Å². The van der Waals surface area contributed by atoms with Crippen molar-refractivity contribution in [3.63, 3.8) is 0 Å². The molecule has 0 amide bonds. The van der Waals surface area contributed by atoms with E-state index in [0.717, 1.165) is 12.8 Å². The van der Waals surface area contributed by atoms with E-state index in [1.165, 1.54) is 38.5 Å². The third-order valence-electron chi connectivity index (χ3n) is 3.44. The van der Waals surface area contributed by atoms with Gasteiger partial charge in [-0.15, -0.1) is 0 Å². The Kier molecular flexibility index (Phi) is 12.6. The second-order valence-corrected chi connectivity index (χ2v) is 5.00. The molecule has 0 aromatic rings. The van der Waals surface area contributed by atoms with E-state index in [9.17, 15) is 4.79 Å². The molecule has 0 unspecified atom stereocenters. The maximum atomic E-state index is 10.6. The van der Waals surface area contributed by atoms with Crippen molar-refractivity contribution in [3.8, 4) is 0 Å². The molecule has 0 aromatic carbocycles. The molecule has 102 valence electrons. The van der Waals surface area contributed by atoms with Gasteiger partial charge in [0, 0.05) is 6.42 Å². The van der Waals surface area contributed by atoms with Gasteiger partial charge in [0.15, 0.2) is 17.4 Å². The van der Waals surface area contributed by atoms with E-state index < -0.39 is 5.97 Å². The first-order valence-electron chi connectivity index (χ1n) is 6.82. The Labute approximate surface area is 117 Å². The summed E-state index contributed by atoms with van der Waals surface area (Å²) in [6, 6.07) is 0. The quantitative estimate of drug-likeness (QED) is 0.609. The predicted octanol–water partition coefficient (Wildman–Crippen LogP) is 3.44. The second kappa shape index (κ2) is 11.1. The van der Waals surface area contributed by atoms with Gasteiger partial charge < -0.3 is 5.11 Å². The smallest absolute Gasteiger partial charge is 0.303 e. The zero-order chi connectivity index (χ0) is 12.4. The van der Waals surface area contributed by atoms with Crippen molar-refractivity contribution in [1.82, 2.24) is 0 Å². The van der Waals surface area contributed by atoms with E-state index in [4.69, 9.17) is 5.11 Å². The minimum absolute atomic E-state index is 0. The summed E-state index contributed by atoms with van der Waals surface area (Å²) in [5, 5.41) is 8.70. The molecule has 0 saturated heterocycles. The predicted molar refractivity (Wildman–Crippen MR) is 78.6 cm³/mol. The van der Waals surface area contributed by atoms with E-state index in [0.29, 0.717) is 11.8 Å². The molecular weight excluding hydrogens is 227 g/mol. The van der Waals surface area contributed by atoms with Crippen molar-refractivity contribution >= 4 is 23.3 Å². The van der Waals surface area contributed by atoms with Gasteiger partial charge >= 0.3 is 5.97 Å². The molecule has 2 nitrogen and oxygen atoms in total. The molecule has 0 radical (unpaired) electrons. The van der Waals surface area contributed by atoms with Crippen LogP contribution in [0.1, 0.15) is 78.6 Å². The summed E-state index contributed by atoms with van der Waals surface area (Å²) in [7, 11) is 0. The van der Waals surface area contributed by atoms with Gasteiger partial charge in [0.2, 0.25) is 0 Å². The number of hydrogen-bond acceptors (Lipinski definition) is 1. The van der Waals surface area contributed by atoms with Gasteiger partial charge in [-0.1, -0.05) is 40.0 Å². The second-order valence-electron chi connectivity index (χ2n) is 5.00. The van der Waals surface area contributed by atoms with Gasteiger partial charge in [-0.25, -0.2) is 0 Å². The summed E-state index contributed by atoms with van der Waals surface area (Å²) in [6.07, 6.45) is 9.69. The third-order valence-corrected chi connectivity index (χ3v) is 3.44. The lowest BCUT2D eigenvalue weighted by Gasteiger charge is -2.33. The van der Waals surface area contributed by atoms with Crippen molar-refractivity contribution < 1.29 is 9.90 Å². The highest BCUT2D eigenvalue weighted by Crippen LogP contribution is 2.39. The molecule has 0 spiro atoms. The van der Waals surface area contributed by atoms with Crippen molar-refractivity contribution in [1.29, 1.82) is 0 Å². The van der Waals surface area contributed by atoms with Crippen molar-refractivity contribution in [2.75, 3.05) is 0 Å². The maximum absolute atomic E-state index is 10.6. The van der Waals surface area contributed by atoms with Gasteiger partial charge in [-0.05, 0) is 37.5 Å². The molecule has 1 N–H and O–H groups in total. The van der Waals surface area contributed by atoms with Crippen LogP contribution < -0.4 is 0 Å². The first-order chi connectivity index (χ1) is 7.60. The van der Waals surface area contributed by atoms with Crippen LogP contribution in [0.15, 0.2) is 0 Å². The molecule has 0 rings (SSSR count). The van der Waals surface area contributed by atoms with Gasteiger partial charge in [0.1, 0.15) is 0 Å². The first kappa shape index (κ1) is 19.3. The summed E-state index contributed by atoms with van der Waals surface area (Å²) < 4.78 is 0. The molecule has 0 aliphatic carbocycles. The minimum atomic E-state index is -0.654. The molecule has 0 aliphatic heterocycles. The number of aliphatic carboxylic acids is 1. The zero-order valence-electron chi connectivity index (χ0n) is 11.2. The normalized spacial score (nSPS) is 11.0. The third kappa shape index (κ3) is 8.69. The van der Waals surface area contributed by atoms with Gasteiger partial charge in [0.25, 0.3) is 0 Å². The summed E-state index contributed by atoms with van der Waals surface area (Å²) in [6.45, 7) is 6.70. The molecule has 3 heteroatoms. The number of carbonyl (C=O) groups is 1. The molecule has 17 heavy (non-hydrogen) atoms. The van der Waals surface area contributed by atoms with Crippen LogP contribution >= 0.6 is 0 Å². The van der Waals surface area contributed by atoms with Crippen LogP contribution in [0.5, 0.6) is 0 Å². The summed E-state index contributed by atoms with van der Waals surface area (Å²) in [4.78, 5) is 10.6. The molecule has 0 bridgehead atoms. The molecule has 0 saturated carbocycles. The minimum Gasteiger partial charge on any atom is -0.481 e. The Morgan fingerprint density at radius 2 is 1.35 bits per heavy atom. The van der Waals surface area contributed by atoms with E-state index >= 15 is 0 Å². The Bertz CT molecular complexity index is 176.